The Morgan fingerprint density at radius 1 is 1.24 bits per heavy atom. The summed E-state index contributed by atoms with van der Waals surface area (Å²) >= 11 is 0. The normalized spacial score (nSPS) is 12.2. The summed E-state index contributed by atoms with van der Waals surface area (Å²) in [5, 5.41) is 2.87. The molecule has 0 bridgehead atoms. The van der Waals surface area contributed by atoms with Crippen molar-refractivity contribution >= 4 is 11.7 Å². The van der Waals surface area contributed by atoms with Crippen LogP contribution in [0.4, 0.5) is 0 Å². The molecular formula is C16H20N2O3. The van der Waals surface area contributed by atoms with Gasteiger partial charge in [-0.15, -0.1) is 0 Å². The lowest BCUT2D eigenvalue weighted by atomic mass is 10.1. The average molecular weight is 288 g/mol. The van der Waals surface area contributed by atoms with E-state index in [4.69, 9.17) is 4.42 Å². The van der Waals surface area contributed by atoms with Gasteiger partial charge < -0.3 is 14.7 Å². The van der Waals surface area contributed by atoms with Crippen LogP contribution >= 0.6 is 0 Å². The number of aromatic nitrogens is 1. The van der Waals surface area contributed by atoms with Gasteiger partial charge in [0.2, 0.25) is 0 Å². The second-order valence-corrected chi connectivity index (χ2v) is 5.32. The van der Waals surface area contributed by atoms with Crippen molar-refractivity contribution in [2.75, 3.05) is 0 Å². The Morgan fingerprint density at radius 3 is 2.38 bits per heavy atom. The minimum atomic E-state index is -0.246. The Kier molecular flexibility index (Phi) is 4.02. The van der Waals surface area contributed by atoms with Crippen LogP contribution in [0.2, 0.25) is 0 Å². The maximum absolute atomic E-state index is 12.3. The first kappa shape index (κ1) is 15.1. The Bertz CT molecular complexity index is 694. The van der Waals surface area contributed by atoms with Gasteiger partial charge in [0.15, 0.2) is 5.78 Å². The van der Waals surface area contributed by atoms with Crippen LogP contribution in [0.1, 0.15) is 63.5 Å². The summed E-state index contributed by atoms with van der Waals surface area (Å²) in [5.74, 6) is 1.21. The molecule has 0 aliphatic rings. The van der Waals surface area contributed by atoms with Crippen molar-refractivity contribution in [1.82, 2.24) is 10.3 Å². The van der Waals surface area contributed by atoms with Crippen LogP contribution in [0, 0.1) is 20.8 Å². The Labute approximate surface area is 123 Å². The van der Waals surface area contributed by atoms with Crippen molar-refractivity contribution in [2.45, 2.75) is 40.7 Å². The molecule has 0 radical (unpaired) electrons. The number of ketones is 1. The van der Waals surface area contributed by atoms with E-state index >= 15 is 0 Å². The van der Waals surface area contributed by atoms with Crippen LogP contribution in [0.25, 0.3) is 0 Å². The fourth-order valence-electron chi connectivity index (χ4n) is 2.53. The largest absolute Gasteiger partial charge is 0.464 e. The number of furan rings is 1. The van der Waals surface area contributed by atoms with E-state index < -0.39 is 0 Å². The standard InChI is InChI=1S/C16H20N2O3/c1-8-6-7-13(21-8)10(3)18-16(20)15-9(2)14(12(5)19)11(4)17-15/h6-7,10,17H,1-5H3,(H,18,20). The lowest BCUT2D eigenvalue weighted by Gasteiger charge is -2.11. The molecule has 0 aliphatic heterocycles. The van der Waals surface area contributed by atoms with Gasteiger partial charge in [0.05, 0.1) is 6.04 Å². The maximum atomic E-state index is 12.3. The van der Waals surface area contributed by atoms with E-state index in [0.29, 0.717) is 28.3 Å². The van der Waals surface area contributed by atoms with Crippen molar-refractivity contribution in [3.63, 3.8) is 0 Å². The molecule has 0 aromatic carbocycles. The molecule has 2 rings (SSSR count). The Morgan fingerprint density at radius 2 is 1.90 bits per heavy atom. The van der Waals surface area contributed by atoms with Crippen LogP contribution < -0.4 is 5.32 Å². The van der Waals surface area contributed by atoms with Crippen molar-refractivity contribution in [3.8, 4) is 0 Å². The molecule has 1 atom stereocenters. The topological polar surface area (TPSA) is 75.1 Å². The highest BCUT2D eigenvalue weighted by atomic mass is 16.3. The number of hydrogen-bond acceptors (Lipinski definition) is 3. The molecule has 0 spiro atoms. The minimum absolute atomic E-state index is 0.0463. The van der Waals surface area contributed by atoms with Crippen LogP contribution in [-0.4, -0.2) is 16.7 Å². The molecule has 0 fully saturated rings. The summed E-state index contributed by atoms with van der Waals surface area (Å²) in [4.78, 5) is 26.9. The molecule has 5 heteroatoms. The first-order valence-corrected chi connectivity index (χ1v) is 6.88. The Hall–Kier alpha value is -2.30. The zero-order valence-electron chi connectivity index (χ0n) is 13.0. The van der Waals surface area contributed by atoms with Gasteiger partial charge in [-0.05, 0) is 52.3 Å². The monoisotopic (exact) mass is 288 g/mol. The van der Waals surface area contributed by atoms with Gasteiger partial charge in [-0.2, -0.15) is 0 Å². The predicted molar refractivity (Wildman–Crippen MR) is 79.6 cm³/mol. The highest BCUT2D eigenvalue weighted by Crippen LogP contribution is 2.20. The maximum Gasteiger partial charge on any atom is 0.268 e. The fourth-order valence-corrected chi connectivity index (χ4v) is 2.53. The Balaban J connectivity index is 2.21. The number of H-pyrrole nitrogens is 1. The van der Waals surface area contributed by atoms with Crippen LogP contribution in [0.3, 0.4) is 0 Å². The lowest BCUT2D eigenvalue weighted by Crippen LogP contribution is -2.27. The number of rotatable bonds is 4. The number of nitrogens with one attached hydrogen (secondary N) is 2. The molecular weight excluding hydrogens is 268 g/mol. The molecule has 112 valence electrons. The number of aryl methyl sites for hydroxylation is 2. The van der Waals surface area contributed by atoms with Crippen LogP contribution in [-0.2, 0) is 0 Å². The summed E-state index contributed by atoms with van der Waals surface area (Å²) in [6.07, 6.45) is 0. The van der Waals surface area contributed by atoms with Crippen molar-refractivity contribution in [1.29, 1.82) is 0 Å². The molecule has 0 saturated carbocycles. The van der Waals surface area contributed by atoms with Crippen LogP contribution in [0.5, 0.6) is 0 Å². The molecule has 2 N–H and O–H groups in total. The number of aromatic amines is 1. The third kappa shape index (κ3) is 2.91. The number of carbonyl (C=O) groups is 2. The van der Waals surface area contributed by atoms with Gasteiger partial charge in [-0.3, -0.25) is 9.59 Å². The quantitative estimate of drug-likeness (QED) is 0.848. The van der Waals surface area contributed by atoms with Gasteiger partial charge in [-0.25, -0.2) is 0 Å². The van der Waals surface area contributed by atoms with Crippen molar-refractivity contribution < 1.29 is 14.0 Å². The van der Waals surface area contributed by atoms with E-state index in [2.05, 4.69) is 10.3 Å². The highest BCUT2D eigenvalue weighted by molar-refractivity contribution is 6.02. The van der Waals surface area contributed by atoms with E-state index in [1.165, 1.54) is 6.92 Å². The van der Waals surface area contributed by atoms with Gasteiger partial charge in [0.25, 0.3) is 5.91 Å². The number of amides is 1. The lowest BCUT2D eigenvalue weighted by molar-refractivity contribution is 0.0929. The van der Waals surface area contributed by atoms with E-state index in [1.54, 1.807) is 13.8 Å². The van der Waals surface area contributed by atoms with E-state index in [-0.39, 0.29) is 17.7 Å². The zero-order chi connectivity index (χ0) is 15.7. The summed E-state index contributed by atoms with van der Waals surface area (Å²) in [5.41, 5.74) is 2.40. The summed E-state index contributed by atoms with van der Waals surface area (Å²) < 4.78 is 5.50. The van der Waals surface area contributed by atoms with Gasteiger partial charge in [0.1, 0.15) is 17.2 Å². The third-order valence-electron chi connectivity index (χ3n) is 3.55. The molecule has 2 aromatic heterocycles. The second kappa shape index (κ2) is 5.60. The summed E-state index contributed by atoms with van der Waals surface area (Å²) in [7, 11) is 0. The molecule has 2 aromatic rings. The number of Topliss-reactive ketones (excluding diaryl/α,β-unsaturated/α-hetero) is 1. The van der Waals surface area contributed by atoms with E-state index in [9.17, 15) is 9.59 Å². The SMILES string of the molecule is CC(=O)c1c(C)[nH]c(C(=O)NC(C)c2ccc(C)o2)c1C. The number of carbonyl (C=O) groups excluding carboxylic acids is 2. The van der Waals surface area contributed by atoms with E-state index in [0.717, 1.165) is 5.76 Å². The van der Waals surface area contributed by atoms with Crippen molar-refractivity contribution in [3.05, 3.63) is 46.2 Å². The second-order valence-electron chi connectivity index (χ2n) is 5.32. The van der Waals surface area contributed by atoms with Gasteiger partial charge in [-0.1, -0.05) is 0 Å². The third-order valence-corrected chi connectivity index (χ3v) is 3.55. The molecule has 21 heavy (non-hydrogen) atoms. The molecule has 2 heterocycles. The van der Waals surface area contributed by atoms with Crippen molar-refractivity contribution in [2.24, 2.45) is 0 Å². The molecule has 5 nitrogen and oxygen atoms in total. The van der Waals surface area contributed by atoms with E-state index in [1.807, 2.05) is 26.0 Å². The molecule has 0 aliphatic carbocycles. The zero-order valence-corrected chi connectivity index (χ0v) is 13.0. The summed E-state index contributed by atoms with van der Waals surface area (Å²) in [6.45, 7) is 8.78. The van der Waals surface area contributed by atoms with Gasteiger partial charge >= 0.3 is 0 Å². The molecule has 1 amide bonds. The first-order valence-electron chi connectivity index (χ1n) is 6.88. The predicted octanol–water partition coefficient (Wildman–Crippen LogP) is 3.23. The smallest absolute Gasteiger partial charge is 0.268 e. The molecule has 0 saturated heterocycles. The first-order chi connectivity index (χ1) is 9.81. The van der Waals surface area contributed by atoms with Gasteiger partial charge in [0, 0.05) is 11.3 Å². The average Bonchev–Trinajstić information content (AvgIpc) is 2.93. The highest BCUT2D eigenvalue weighted by Gasteiger charge is 2.21. The van der Waals surface area contributed by atoms with Crippen LogP contribution in [0.15, 0.2) is 16.5 Å². The molecule has 1 unspecified atom stereocenters. The fraction of sp³-hybridized carbons (Fsp3) is 0.375. The minimum Gasteiger partial charge on any atom is -0.464 e. The number of hydrogen-bond donors (Lipinski definition) is 2. The summed E-state index contributed by atoms with van der Waals surface area (Å²) in [6, 6.07) is 3.46.